The molecule has 0 aliphatic carbocycles. The van der Waals surface area contributed by atoms with Crippen LogP contribution in [0.3, 0.4) is 0 Å². The number of unbranched alkanes of at least 4 members (excludes halogenated alkanes) is 26. The van der Waals surface area contributed by atoms with E-state index in [1.807, 2.05) is 72.9 Å². The van der Waals surface area contributed by atoms with Gasteiger partial charge in [0.2, 0.25) is 5.91 Å². The van der Waals surface area contributed by atoms with Crippen LogP contribution in [0.5, 0.6) is 0 Å². The van der Waals surface area contributed by atoms with Crippen LogP contribution in [-0.2, 0) is 23.8 Å². The van der Waals surface area contributed by atoms with Gasteiger partial charge in [-0.1, -0.05) is 265 Å². The van der Waals surface area contributed by atoms with E-state index in [4.69, 9.17) is 14.2 Å². The van der Waals surface area contributed by atoms with Gasteiger partial charge >= 0.3 is 5.97 Å². The lowest BCUT2D eigenvalue weighted by atomic mass is 9.99. The largest absolute Gasteiger partial charge is 0.454 e. The highest BCUT2D eigenvalue weighted by atomic mass is 16.7. The Morgan fingerprint density at radius 3 is 1.51 bits per heavy atom. The fourth-order valence-electron chi connectivity index (χ4n) is 9.12. The van der Waals surface area contributed by atoms with Crippen molar-refractivity contribution >= 4 is 11.9 Å². The molecule has 6 N–H and O–H groups in total. The van der Waals surface area contributed by atoms with Gasteiger partial charge in [0.05, 0.1) is 25.4 Å². The van der Waals surface area contributed by atoms with Gasteiger partial charge in [0, 0.05) is 6.42 Å². The molecule has 1 saturated heterocycles. The van der Waals surface area contributed by atoms with Gasteiger partial charge in [-0.3, -0.25) is 9.59 Å². The summed E-state index contributed by atoms with van der Waals surface area (Å²) in [6, 6.07) is -1.05. The first-order valence-electron chi connectivity index (χ1n) is 31.2. The lowest BCUT2D eigenvalue weighted by Crippen LogP contribution is -2.61. The first-order chi connectivity index (χ1) is 38.2. The molecule has 0 aromatic heterocycles. The number of carbonyl (C=O) groups excluding carboxylic acids is 2. The number of esters is 1. The van der Waals surface area contributed by atoms with E-state index in [0.717, 1.165) is 77.0 Å². The predicted molar refractivity (Wildman–Crippen MR) is 324 cm³/mol. The molecule has 11 nitrogen and oxygen atoms in total. The third-order valence-corrected chi connectivity index (χ3v) is 14.1. The molecule has 8 unspecified atom stereocenters. The topological polar surface area (TPSA) is 175 Å². The molecule has 0 spiro atoms. The molecule has 1 rings (SSSR count). The summed E-state index contributed by atoms with van der Waals surface area (Å²) in [7, 11) is 0. The lowest BCUT2D eigenvalue weighted by molar-refractivity contribution is -0.305. The van der Waals surface area contributed by atoms with Crippen LogP contribution in [-0.4, -0.2) is 99.6 Å². The van der Waals surface area contributed by atoms with Crippen molar-refractivity contribution in [2.24, 2.45) is 0 Å². The molecule has 1 fully saturated rings. The number of hydrogen-bond donors (Lipinski definition) is 6. The molecule has 0 aromatic carbocycles. The van der Waals surface area contributed by atoms with Gasteiger partial charge in [-0.05, 0) is 77.0 Å². The molecule has 1 heterocycles. The summed E-state index contributed by atoms with van der Waals surface area (Å²) in [6.07, 6.45) is 62.7. The molecule has 1 aliphatic rings. The highest BCUT2D eigenvalue weighted by Crippen LogP contribution is 2.26. The summed E-state index contributed by atoms with van der Waals surface area (Å²) in [4.78, 5) is 26.5. The third kappa shape index (κ3) is 41.3. The van der Waals surface area contributed by atoms with Gasteiger partial charge in [-0.25, -0.2) is 0 Å². The zero-order valence-corrected chi connectivity index (χ0v) is 49.2. The number of rotatable bonds is 51. The monoisotopic (exact) mass is 1090 g/mol. The van der Waals surface area contributed by atoms with Crippen LogP contribution in [0.15, 0.2) is 109 Å². The van der Waals surface area contributed by atoms with Crippen molar-refractivity contribution in [3.05, 3.63) is 109 Å². The van der Waals surface area contributed by atoms with E-state index in [2.05, 4.69) is 56.5 Å². The van der Waals surface area contributed by atoms with Gasteiger partial charge in [-0.2, -0.15) is 0 Å². The maximum atomic E-state index is 13.4. The molecular weight excluding hydrogens is 979 g/mol. The molecule has 78 heavy (non-hydrogen) atoms. The smallest absolute Gasteiger partial charge is 0.306 e. The van der Waals surface area contributed by atoms with Crippen molar-refractivity contribution in [2.45, 2.75) is 288 Å². The number of hydrogen-bond acceptors (Lipinski definition) is 10. The Morgan fingerprint density at radius 2 is 0.974 bits per heavy atom. The maximum Gasteiger partial charge on any atom is 0.306 e. The van der Waals surface area contributed by atoms with Crippen LogP contribution in [0.4, 0.5) is 0 Å². The van der Waals surface area contributed by atoms with E-state index in [9.17, 15) is 35.1 Å². The van der Waals surface area contributed by atoms with Crippen molar-refractivity contribution in [3.8, 4) is 0 Å². The summed E-state index contributed by atoms with van der Waals surface area (Å²) in [5.41, 5.74) is 0. The Balaban J connectivity index is 2.70. The van der Waals surface area contributed by atoms with Crippen LogP contribution in [0.2, 0.25) is 0 Å². The van der Waals surface area contributed by atoms with Crippen LogP contribution in [0.1, 0.15) is 239 Å². The lowest BCUT2D eigenvalue weighted by Gasteiger charge is -2.41. The van der Waals surface area contributed by atoms with Crippen LogP contribution >= 0.6 is 0 Å². The van der Waals surface area contributed by atoms with Crippen molar-refractivity contribution < 1.29 is 49.3 Å². The zero-order valence-electron chi connectivity index (χ0n) is 49.2. The SMILES string of the molecule is CC\C=C/C=C/C=C/C=C\C=C\C=C\CCCCC(O)C(=O)NC(COC1OC(CO)C(O)C(O)C1OC(=O)CCCCCCCCCCCCC/C=C\C/C=C\CCCCC)C(O)/C=C/CCCCCCCCCCCC. The van der Waals surface area contributed by atoms with Crippen molar-refractivity contribution in [1.29, 1.82) is 0 Å². The molecule has 446 valence electrons. The van der Waals surface area contributed by atoms with E-state index < -0.39 is 67.4 Å². The highest BCUT2D eigenvalue weighted by Gasteiger charge is 2.47. The van der Waals surface area contributed by atoms with E-state index >= 15 is 0 Å². The zero-order chi connectivity index (χ0) is 56.8. The summed E-state index contributed by atoms with van der Waals surface area (Å²) < 4.78 is 17.6. The minimum absolute atomic E-state index is 0.110. The first kappa shape index (κ1) is 72.3. The van der Waals surface area contributed by atoms with Gasteiger partial charge < -0.3 is 45.1 Å². The molecule has 1 aliphatic heterocycles. The predicted octanol–water partition coefficient (Wildman–Crippen LogP) is 14.9. The van der Waals surface area contributed by atoms with E-state index in [0.29, 0.717) is 12.8 Å². The Morgan fingerprint density at radius 1 is 0.526 bits per heavy atom. The number of aliphatic hydroxyl groups excluding tert-OH is 5. The second kappa shape index (κ2) is 53.9. The Kier molecular flexibility index (Phi) is 50.0. The van der Waals surface area contributed by atoms with E-state index in [1.54, 1.807) is 6.08 Å². The van der Waals surface area contributed by atoms with Gasteiger partial charge in [0.25, 0.3) is 0 Å². The standard InChI is InChI=1S/C67H113NO10/c1-4-7-10-13-16-19-22-25-27-29-30-31-32-33-35-37-40-43-46-49-52-55-62(72)78-65-64(74)63(73)61(56-69)77-67(65)76-57-58(59(70)53-50-47-44-41-38-24-21-18-15-12-9-6-3)68-66(75)60(71)54-51-48-45-42-39-36-34-28-26-23-20-17-14-11-8-5-2/h8,11,14,16-17,19-20,23,25-28,34,36,39,42,50,53,58-61,63-65,67,69-71,73-74H,4-7,9-10,12-13,15,18,21-22,24,29-33,35,37-38,40-41,43-49,51-52,54-57H2,1-3H3,(H,68,75)/b11-8-,17-14+,19-16-,23-20+,27-25-,28-26-,36-34+,42-39+,53-50+. The number of amides is 1. The van der Waals surface area contributed by atoms with Crippen LogP contribution in [0.25, 0.3) is 0 Å². The molecule has 0 aromatic rings. The average molecular weight is 1090 g/mol. The second-order valence-corrected chi connectivity index (χ2v) is 21.2. The Labute approximate surface area is 475 Å². The fourth-order valence-corrected chi connectivity index (χ4v) is 9.12. The molecule has 8 atom stereocenters. The van der Waals surface area contributed by atoms with E-state index in [-0.39, 0.29) is 19.4 Å². The van der Waals surface area contributed by atoms with Gasteiger partial charge in [-0.15, -0.1) is 0 Å². The van der Waals surface area contributed by atoms with Crippen molar-refractivity contribution in [3.63, 3.8) is 0 Å². The van der Waals surface area contributed by atoms with Crippen molar-refractivity contribution in [1.82, 2.24) is 5.32 Å². The molecule has 11 heteroatoms. The summed E-state index contributed by atoms with van der Waals surface area (Å²) in [5.74, 6) is -1.25. The first-order valence-corrected chi connectivity index (χ1v) is 31.2. The normalized spacial score (nSPS) is 19.7. The summed E-state index contributed by atoms with van der Waals surface area (Å²) in [6.45, 7) is 5.58. The molecule has 1 amide bonds. The van der Waals surface area contributed by atoms with Crippen LogP contribution < -0.4 is 5.32 Å². The van der Waals surface area contributed by atoms with Crippen molar-refractivity contribution in [2.75, 3.05) is 13.2 Å². The summed E-state index contributed by atoms with van der Waals surface area (Å²) in [5, 5.41) is 56.9. The quantitative estimate of drug-likeness (QED) is 0.0149. The number of ether oxygens (including phenoxy) is 3. The van der Waals surface area contributed by atoms with Crippen LogP contribution in [0, 0.1) is 0 Å². The van der Waals surface area contributed by atoms with Gasteiger partial charge in [0.1, 0.15) is 24.4 Å². The maximum absolute atomic E-state index is 13.4. The second-order valence-electron chi connectivity index (χ2n) is 21.2. The van der Waals surface area contributed by atoms with Gasteiger partial charge in [0.15, 0.2) is 12.4 Å². The number of carbonyl (C=O) groups is 2. The number of allylic oxidation sites excluding steroid dienone is 17. The third-order valence-electron chi connectivity index (χ3n) is 14.1. The minimum atomic E-state index is -1.63. The average Bonchev–Trinajstić information content (AvgIpc) is 3.44. The number of nitrogens with one attached hydrogen (secondary N) is 1. The Hall–Kier alpha value is -3.68. The molecule has 0 bridgehead atoms. The molecule has 0 radical (unpaired) electrons. The molecular formula is C67H113NO10. The van der Waals surface area contributed by atoms with E-state index in [1.165, 1.54) is 116 Å². The fraction of sp³-hybridized carbons (Fsp3) is 0.701. The minimum Gasteiger partial charge on any atom is -0.454 e. The number of aliphatic hydroxyl groups is 5. The summed E-state index contributed by atoms with van der Waals surface area (Å²) >= 11 is 0. The highest BCUT2D eigenvalue weighted by molar-refractivity contribution is 5.80. The Bertz CT molecular complexity index is 1680. The molecule has 0 saturated carbocycles.